The van der Waals surface area contributed by atoms with Crippen molar-refractivity contribution in [2.75, 3.05) is 0 Å². The second-order valence-electron chi connectivity index (χ2n) is 14.8. The summed E-state index contributed by atoms with van der Waals surface area (Å²) < 4.78 is 0. The van der Waals surface area contributed by atoms with Crippen molar-refractivity contribution in [2.45, 2.75) is 118 Å². The highest BCUT2D eigenvalue weighted by Crippen LogP contribution is 2.76. The molecule has 2 N–H and O–H groups in total. The molecule has 2 heteroatoms. The Morgan fingerprint density at radius 3 is 2.16 bits per heavy atom. The first-order chi connectivity index (χ1) is 14.7. The van der Waals surface area contributed by atoms with Crippen LogP contribution >= 0.6 is 0 Å². The monoisotopic (exact) mass is 442 g/mol. The fourth-order valence-electron chi connectivity index (χ4n) is 11.5. The summed E-state index contributed by atoms with van der Waals surface area (Å²) in [7, 11) is 0. The van der Waals surface area contributed by atoms with Crippen LogP contribution in [0.4, 0.5) is 0 Å². The van der Waals surface area contributed by atoms with Crippen molar-refractivity contribution in [3.8, 4) is 0 Å². The normalized spacial score (nSPS) is 59.4. The lowest BCUT2D eigenvalue weighted by Crippen LogP contribution is -2.67. The van der Waals surface area contributed by atoms with Crippen molar-refractivity contribution in [1.82, 2.24) is 0 Å². The molecule has 0 aromatic carbocycles. The molecule has 2 nitrogen and oxygen atoms in total. The van der Waals surface area contributed by atoms with Crippen molar-refractivity contribution in [3.05, 3.63) is 12.2 Å². The molecule has 5 rings (SSSR count). The molecule has 0 spiro atoms. The van der Waals surface area contributed by atoms with Crippen LogP contribution in [0.25, 0.3) is 0 Å². The maximum absolute atomic E-state index is 10.9. The van der Waals surface area contributed by atoms with E-state index >= 15 is 0 Å². The lowest BCUT2D eigenvalue weighted by atomic mass is 9.31. The van der Waals surface area contributed by atoms with Gasteiger partial charge in [0.15, 0.2) is 0 Å². The van der Waals surface area contributed by atoms with Crippen LogP contribution < -0.4 is 0 Å². The highest BCUT2D eigenvalue weighted by atomic mass is 16.3. The number of aliphatic hydroxyl groups excluding tert-OH is 2. The molecule has 5 aliphatic rings. The number of hydrogen-bond acceptors (Lipinski definition) is 2. The molecular formula is C30H50O2. The summed E-state index contributed by atoms with van der Waals surface area (Å²) in [5.74, 6) is 3.21. The van der Waals surface area contributed by atoms with Gasteiger partial charge in [-0.1, -0.05) is 55.0 Å². The molecule has 5 saturated carbocycles. The third-order valence-electron chi connectivity index (χ3n) is 13.6. The van der Waals surface area contributed by atoms with Gasteiger partial charge in [-0.3, -0.25) is 0 Å². The van der Waals surface area contributed by atoms with E-state index in [4.69, 9.17) is 0 Å². The summed E-state index contributed by atoms with van der Waals surface area (Å²) >= 11 is 0. The van der Waals surface area contributed by atoms with Gasteiger partial charge < -0.3 is 10.2 Å². The van der Waals surface area contributed by atoms with Gasteiger partial charge in [0, 0.05) is 0 Å². The topological polar surface area (TPSA) is 40.5 Å². The Hall–Kier alpha value is -0.340. The molecule has 182 valence electrons. The average molecular weight is 443 g/mol. The largest absolute Gasteiger partial charge is 0.393 e. The van der Waals surface area contributed by atoms with Gasteiger partial charge in [0.25, 0.3) is 0 Å². The van der Waals surface area contributed by atoms with Crippen molar-refractivity contribution in [2.24, 2.45) is 56.7 Å². The van der Waals surface area contributed by atoms with Crippen molar-refractivity contribution < 1.29 is 10.2 Å². The number of hydrogen-bond donors (Lipinski definition) is 2. The smallest absolute Gasteiger partial charge is 0.0755 e. The van der Waals surface area contributed by atoms with E-state index in [1.54, 1.807) is 0 Å². The summed E-state index contributed by atoms with van der Waals surface area (Å²) in [6, 6.07) is 0. The van der Waals surface area contributed by atoms with E-state index in [1.807, 2.05) is 0 Å². The number of aliphatic hydroxyl groups is 2. The zero-order valence-corrected chi connectivity index (χ0v) is 22.0. The minimum atomic E-state index is -0.312. The second-order valence-corrected chi connectivity index (χ2v) is 14.8. The molecule has 0 unspecified atom stereocenters. The minimum Gasteiger partial charge on any atom is -0.393 e. The standard InChI is InChI=1S/C30H50O2/c1-18-19(2)25-20-9-10-23-28(6)13-12-24(32)26(3,4)22(28)11-14-30(23,8)29(20,7)16-15-27(25,5)17-21(18)31/h19-25,31-32H,1,9-17H2,2-8H3/t19-,20-,21-,22+,23-,24+,25+,27+,28+,29-,30-/m1/s1. The third-order valence-corrected chi connectivity index (χ3v) is 13.6. The summed E-state index contributed by atoms with van der Waals surface area (Å²) in [5.41, 5.74) is 2.47. The van der Waals surface area contributed by atoms with E-state index in [1.165, 1.54) is 44.9 Å². The Labute approximate surface area is 197 Å². The SMILES string of the molecule is C=C1[C@H](O)C[C@]2(C)CC[C@]3(C)[C@H](CC[C@@H]4[C@@]5(C)CC[C@H](O)C(C)(C)[C@@H]5CC[C@]43C)[C@@H]2[C@@H]1C. The lowest BCUT2D eigenvalue weighted by Gasteiger charge is -2.74. The Morgan fingerprint density at radius 2 is 1.47 bits per heavy atom. The van der Waals surface area contributed by atoms with E-state index in [9.17, 15) is 10.2 Å². The Balaban J connectivity index is 1.54. The Morgan fingerprint density at radius 1 is 0.781 bits per heavy atom. The number of rotatable bonds is 0. The van der Waals surface area contributed by atoms with Crippen LogP contribution in [-0.2, 0) is 0 Å². The Bertz CT molecular complexity index is 801. The molecule has 0 bridgehead atoms. The van der Waals surface area contributed by atoms with Crippen LogP contribution in [0.1, 0.15) is 106 Å². The molecule has 0 heterocycles. The molecule has 0 radical (unpaired) electrons. The Kier molecular flexibility index (Phi) is 5.02. The van der Waals surface area contributed by atoms with Crippen LogP contribution in [0.5, 0.6) is 0 Å². The first-order valence-corrected chi connectivity index (χ1v) is 13.8. The molecule has 5 fully saturated rings. The summed E-state index contributed by atoms with van der Waals surface area (Å²) in [6.07, 6.45) is 10.5. The summed E-state index contributed by atoms with van der Waals surface area (Å²) in [4.78, 5) is 0. The zero-order valence-electron chi connectivity index (χ0n) is 22.0. The fourth-order valence-corrected chi connectivity index (χ4v) is 11.5. The van der Waals surface area contributed by atoms with Crippen molar-refractivity contribution in [1.29, 1.82) is 0 Å². The van der Waals surface area contributed by atoms with Gasteiger partial charge in [-0.05, 0) is 120 Å². The van der Waals surface area contributed by atoms with E-state index in [0.717, 1.165) is 30.3 Å². The predicted molar refractivity (Wildman–Crippen MR) is 132 cm³/mol. The van der Waals surface area contributed by atoms with Gasteiger partial charge in [0.1, 0.15) is 0 Å². The molecule has 0 aromatic heterocycles. The maximum atomic E-state index is 10.9. The van der Waals surface area contributed by atoms with Crippen LogP contribution in [0, 0.1) is 56.7 Å². The van der Waals surface area contributed by atoms with E-state index in [2.05, 4.69) is 55.0 Å². The first-order valence-electron chi connectivity index (χ1n) is 13.8. The highest BCUT2D eigenvalue weighted by molar-refractivity contribution is 5.23. The van der Waals surface area contributed by atoms with Crippen LogP contribution in [0.15, 0.2) is 12.2 Å². The molecule has 0 aliphatic heterocycles. The lowest BCUT2D eigenvalue weighted by molar-refractivity contribution is -0.253. The quantitative estimate of drug-likeness (QED) is 0.397. The van der Waals surface area contributed by atoms with Crippen molar-refractivity contribution >= 4 is 0 Å². The van der Waals surface area contributed by atoms with Gasteiger partial charge in [-0.15, -0.1) is 0 Å². The zero-order chi connectivity index (χ0) is 23.5. The fraction of sp³-hybridized carbons (Fsp3) is 0.933. The molecule has 32 heavy (non-hydrogen) atoms. The maximum Gasteiger partial charge on any atom is 0.0755 e. The summed E-state index contributed by atoms with van der Waals surface area (Å²) in [6.45, 7) is 21.9. The minimum absolute atomic E-state index is 0.0307. The first kappa shape index (κ1) is 23.4. The predicted octanol–water partition coefficient (Wildman–Crippen LogP) is 7.00. The van der Waals surface area contributed by atoms with E-state index in [0.29, 0.717) is 34.0 Å². The third kappa shape index (κ3) is 2.66. The molecular weight excluding hydrogens is 392 g/mol. The summed E-state index contributed by atoms with van der Waals surface area (Å²) in [5, 5.41) is 21.7. The number of fused-ring (bicyclic) bond motifs is 7. The second kappa shape index (κ2) is 6.87. The highest BCUT2D eigenvalue weighted by Gasteiger charge is 2.70. The van der Waals surface area contributed by atoms with Gasteiger partial charge in [0.2, 0.25) is 0 Å². The van der Waals surface area contributed by atoms with Crippen LogP contribution in [0.2, 0.25) is 0 Å². The molecule has 0 aromatic rings. The van der Waals surface area contributed by atoms with Crippen molar-refractivity contribution in [3.63, 3.8) is 0 Å². The van der Waals surface area contributed by atoms with Gasteiger partial charge in [0.05, 0.1) is 12.2 Å². The van der Waals surface area contributed by atoms with Crippen LogP contribution in [0.3, 0.4) is 0 Å². The van der Waals surface area contributed by atoms with E-state index < -0.39 is 0 Å². The molecule has 5 aliphatic carbocycles. The van der Waals surface area contributed by atoms with Gasteiger partial charge in [-0.25, -0.2) is 0 Å². The average Bonchev–Trinajstić information content (AvgIpc) is 2.70. The van der Waals surface area contributed by atoms with E-state index in [-0.39, 0.29) is 23.0 Å². The molecule has 0 saturated heterocycles. The molecule has 0 amide bonds. The van der Waals surface area contributed by atoms with Crippen LogP contribution in [-0.4, -0.2) is 22.4 Å². The van der Waals surface area contributed by atoms with Gasteiger partial charge >= 0.3 is 0 Å². The van der Waals surface area contributed by atoms with Gasteiger partial charge in [-0.2, -0.15) is 0 Å². The molecule has 11 atom stereocenters.